The number of ether oxygens (including phenoxy) is 1. The summed E-state index contributed by atoms with van der Waals surface area (Å²) in [4.78, 5) is 12.0. The smallest absolute Gasteiger partial charge is 0.265 e. The number of nitrogens with one attached hydrogen (secondary N) is 2. The van der Waals surface area contributed by atoms with Gasteiger partial charge in [-0.05, 0) is 43.2 Å². The number of phenols is 2. The van der Waals surface area contributed by atoms with E-state index in [2.05, 4.69) is 26.0 Å². The molecule has 156 valence electrons. The highest BCUT2D eigenvalue weighted by Gasteiger charge is 2.24. The minimum absolute atomic E-state index is 0.0428. The molecule has 2 aromatic carbocycles. The summed E-state index contributed by atoms with van der Waals surface area (Å²) in [7, 11) is -4.27. The molecular weight excluding hydrogens is 488 g/mol. The molecule has 8 nitrogen and oxygen atoms in total. The Kier molecular flexibility index (Phi) is 6.57. The summed E-state index contributed by atoms with van der Waals surface area (Å²) in [5, 5.41) is 23.0. The van der Waals surface area contributed by atoms with E-state index in [1.165, 1.54) is 30.3 Å². The molecule has 29 heavy (non-hydrogen) atoms. The number of carbonyl (C=O) groups is 1. The number of carbonyl (C=O) groups excluding carboxylic acids is 1. The maximum absolute atomic E-state index is 12.7. The van der Waals surface area contributed by atoms with Crippen LogP contribution in [0.1, 0.15) is 23.2 Å². The van der Waals surface area contributed by atoms with Gasteiger partial charge in [0.05, 0.1) is 17.4 Å². The molecule has 1 amide bonds. The van der Waals surface area contributed by atoms with Crippen LogP contribution < -0.4 is 10.0 Å². The van der Waals surface area contributed by atoms with Crippen molar-refractivity contribution in [2.45, 2.75) is 23.8 Å². The highest BCUT2D eigenvalue weighted by atomic mass is 79.9. The molecule has 0 radical (unpaired) electrons. The molecule has 11 heteroatoms. The third kappa shape index (κ3) is 5.13. The fraction of sp³-hybridized carbons (Fsp3) is 0.278. The zero-order chi connectivity index (χ0) is 21.2. The quantitative estimate of drug-likeness (QED) is 0.447. The largest absolute Gasteiger partial charge is 0.507 e. The van der Waals surface area contributed by atoms with E-state index in [-0.39, 0.29) is 28.9 Å². The monoisotopic (exact) mass is 504 g/mol. The van der Waals surface area contributed by atoms with E-state index in [1.807, 2.05) is 0 Å². The van der Waals surface area contributed by atoms with Crippen LogP contribution in [-0.2, 0) is 14.8 Å². The molecule has 3 rings (SSSR count). The lowest BCUT2D eigenvalue weighted by Crippen LogP contribution is -2.31. The Morgan fingerprint density at radius 1 is 1.28 bits per heavy atom. The predicted octanol–water partition coefficient (Wildman–Crippen LogP) is 3.22. The first-order valence-corrected chi connectivity index (χ1v) is 11.3. The van der Waals surface area contributed by atoms with Crippen molar-refractivity contribution in [3.63, 3.8) is 0 Å². The summed E-state index contributed by atoms with van der Waals surface area (Å²) in [5.41, 5.74) is -0.481. The van der Waals surface area contributed by atoms with E-state index >= 15 is 0 Å². The number of amides is 1. The molecule has 0 aliphatic carbocycles. The van der Waals surface area contributed by atoms with Crippen molar-refractivity contribution >= 4 is 49.1 Å². The van der Waals surface area contributed by atoms with Crippen LogP contribution in [0.3, 0.4) is 0 Å². The van der Waals surface area contributed by atoms with Gasteiger partial charge in [0.1, 0.15) is 10.6 Å². The van der Waals surface area contributed by atoms with Gasteiger partial charge in [-0.2, -0.15) is 0 Å². The first-order valence-electron chi connectivity index (χ1n) is 8.61. The molecule has 1 saturated heterocycles. The third-order valence-electron chi connectivity index (χ3n) is 4.29. The van der Waals surface area contributed by atoms with Crippen LogP contribution in [0, 0.1) is 0 Å². The second-order valence-corrected chi connectivity index (χ2v) is 9.42. The molecule has 0 unspecified atom stereocenters. The topological polar surface area (TPSA) is 125 Å². The predicted molar refractivity (Wildman–Crippen MR) is 111 cm³/mol. The third-order valence-corrected chi connectivity index (χ3v) is 6.40. The molecule has 0 spiro atoms. The Morgan fingerprint density at radius 2 is 2.03 bits per heavy atom. The van der Waals surface area contributed by atoms with Crippen molar-refractivity contribution in [3.05, 3.63) is 45.4 Å². The molecule has 4 N–H and O–H groups in total. The van der Waals surface area contributed by atoms with Crippen LogP contribution in [-0.4, -0.2) is 43.8 Å². The number of rotatable bonds is 6. The molecular formula is C18H18BrClN2O6S. The molecule has 1 fully saturated rings. The van der Waals surface area contributed by atoms with Crippen LogP contribution in [0.25, 0.3) is 0 Å². The Morgan fingerprint density at radius 3 is 2.72 bits per heavy atom. The molecule has 1 aliphatic heterocycles. The van der Waals surface area contributed by atoms with E-state index in [9.17, 15) is 23.4 Å². The van der Waals surface area contributed by atoms with E-state index in [4.69, 9.17) is 16.3 Å². The lowest BCUT2D eigenvalue weighted by molar-refractivity contribution is 0.0855. The van der Waals surface area contributed by atoms with Crippen LogP contribution >= 0.6 is 27.5 Å². The number of sulfonamides is 1. The molecule has 1 aliphatic rings. The van der Waals surface area contributed by atoms with Crippen molar-refractivity contribution < 1.29 is 28.2 Å². The number of hydrogen-bond acceptors (Lipinski definition) is 6. The number of phenolic OH excluding ortho intramolecular Hbond substituents is 2. The Hall–Kier alpha value is -2.01. The van der Waals surface area contributed by atoms with Gasteiger partial charge in [0.15, 0.2) is 5.75 Å². The SMILES string of the molecule is O=C(NC[C@H]1CCCO1)c1cc(Cl)cc(NS(=O)(=O)c2cc(Br)ccc2O)c1O. The average molecular weight is 506 g/mol. The zero-order valence-electron chi connectivity index (χ0n) is 15.0. The van der Waals surface area contributed by atoms with Gasteiger partial charge >= 0.3 is 0 Å². The van der Waals surface area contributed by atoms with Gasteiger partial charge in [-0.25, -0.2) is 8.42 Å². The van der Waals surface area contributed by atoms with E-state index < -0.39 is 32.3 Å². The maximum atomic E-state index is 12.7. The molecule has 0 saturated carbocycles. The van der Waals surface area contributed by atoms with Gasteiger partial charge in [-0.3, -0.25) is 9.52 Å². The molecule has 0 aromatic heterocycles. The lowest BCUT2D eigenvalue weighted by atomic mass is 10.1. The molecule has 1 heterocycles. The van der Waals surface area contributed by atoms with Crippen molar-refractivity contribution in [1.29, 1.82) is 0 Å². The Bertz CT molecular complexity index is 1040. The fourth-order valence-electron chi connectivity index (χ4n) is 2.86. The summed E-state index contributed by atoms with van der Waals surface area (Å²) < 4.78 is 33.3. The van der Waals surface area contributed by atoms with Gasteiger partial charge in [0.25, 0.3) is 15.9 Å². The summed E-state index contributed by atoms with van der Waals surface area (Å²) in [6.07, 6.45) is 1.64. The van der Waals surface area contributed by atoms with Gasteiger partial charge in [-0.1, -0.05) is 27.5 Å². The van der Waals surface area contributed by atoms with E-state index in [1.54, 1.807) is 0 Å². The molecule has 1 atom stereocenters. The fourth-order valence-corrected chi connectivity index (χ4v) is 4.77. The number of anilines is 1. The number of aromatic hydroxyl groups is 2. The van der Waals surface area contributed by atoms with Crippen LogP contribution in [0.15, 0.2) is 39.7 Å². The standard InChI is InChI=1S/C18H18BrClN2O6S/c19-10-3-4-15(23)16(6-10)29(26,27)22-14-8-11(20)7-13(17(14)24)18(25)21-9-12-2-1-5-28-12/h3-4,6-8,12,22-24H,1-2,5,9H2,(H,21,25)/t12-/m1/s1. The second kappa shape index (κ2) is 8.78. The first kappa shape index (κ1) is 21.7. The van der Waals surface area contributed by atoms with Crippen LogP contribution in [0.5, 0.6) is 11.5 Å². The van der Waals surface area contributed by atoms with Crippen molar-refractivity contribution in [2.24, 2.45) is 0 Å². The van der Waals surface area contributed by atoms with Gasteiger partial charge < -0.3 is 20.3 Å². The van der Waals surface area contributed by atoms with Crippen LogP contribution in [0.2, 0.25) is 5.02 Å². The minimum Gasteiger partial charge on any atom is -0.507 e. The zero-order valence-corrected chi connectivity index (χ0v) is 18.1. The molecule has 0 bridgehead atoms. The summed E-state index contributed by atoms with van der Waals surface area (Å²) in [6, 6.07) is 6.28. The number of halogens is 2. The second-order valence-electron chi connectivity index (χ2n) is 6.41. The summed E-state index contributed by atoms with van der Waals surface area (Å²) >= 11 is 9.16. The highest BCUT2D eigenvalue weighted by molar-refractivity contribution is 9.10. The highest BCUT2D eigenvalue weighted by Crippen LogP contribution is 2.35. The Labute approximate surface area is 181 Å². The number of benzene rings is 2. The maximum Gasteiger partial charge on any atom is 0.265 e. The average Bonchev–Trinajstić information content (AvgIpc) is 3.17. The summed E-state index contributed by atoms with van der Waals surface area (Å²) in [6.45, 7) is 0.898. The van der Waals surface area contributed by atoms with E-state index in [0.717, 1.165) is 12.8 Å². The molecule has 2 aromatic rings. The normalized spacial score (nSPS) is 16.6. The minimum atomic E-state index is -4.27. The van der Waals surface area contributed by atoms with E-state index in [0.29, 0.717) is 11.1 Å². The Balaban J connectivity index is 1.86. The van der Waals surface area contributed by atoms with Crippen LogP contribution in [0.4, 0.5) is 5.69 Å². The van der Waals surface area contributed by atoms with Gasteiger partial charge in [0, 0.05) is 22.6 Å². The number of hydrogen-bond donors (Lipinski definition) is 4. The summed E-state index contributed by atoms with van der Waals surface area (Å²) in [5.74, 6) is -1.68. The van der Waals surface area contributed by atoms with Crippen molar-refractivity contribution in [1.82, 2.24) is 5.32 Å². The van der Waals surface area contributed by atoms with Gasteiger partial charge in [0.2, 0.25) is 0 Å². The van der Waals surface area contributed by atoms with Crippen molar-refractivity contribution in [2.75, 3.05) is 17.9 Å². The van der Waals surface area contributed by atoms with Crippen molar-refractivity contribution in [3.8, 4) is 11.5 Å². The first-order chi connectivity index (χ1) is 13.7. The lowest BCUT2D eigenvalue weighted by Gasteiger charge is -2.15. The van der Waals surface area contributed by atoms with Gasteiger partial charge in [-0.15, -0.1) is 0 Å².